The van der Waals surface area contributed by atoms with E-state index >= 15 is 0 Å². The van der Waals surface area contributed by atoms with Crippen molar-refractivity contribution < 1.29 is 13.2 Å². The van der Waals surface area contributed by atoms with Crippen LogP contribution in [0.4, 0.5) is 0 Å². The van der Waals surface area contributed by atoms with Gasteiger partial charge in [-0.3, -0.25) is 4.79 Å². The van der Waals surface area contributed by atoms with Gasteiger partial charge in [0.15, 0.2) is 9.84 Å². The van der Waals surface area contributed by atoms with Crippen molar-refractivity contribution in [1.82, 2.24) is 4.90 Å². The minimum atomic E-state index is -2.91. The van der Waals surface area contributed by atoms with Gasteiger partial charge in [0.25, 0.3) is 5.91 Å². The van der Waals surface area contributed by atoms with E-state index < -0.39 is 9.84 Å². The van der Waals surface area contributed by atoms with E-state index in [0.717, 1.165) is 17.9 Å². The standard InChI is InChI=1S/C18H19NO3S3/c20-18(19-8-5-16-13(11-19)6-9-23-16)15-3-1-2-4-17(15)24-14-7-10-25(21,22)12-14/h1-4,6,9,14H,5,7-8,10-12H2/t14-/m0/s1. The minimum absolute atomic E-state index is 0.0424. The summed E-state index contributed by atoms with van der Waals surface area (Å²) in [5.74, 6) is 0.511. The van der Waals surface area contributed by atoms with Gasteiger partial charge in [-0.2, -0.15) is 0 Å². The average Bonchev–Trinajstić information content (AvgIpc) is 3.20. The quantitative estimate of drug-likeness (QED) is 0.803. The van der Waals surface area contributed by atoms with E-state index in [1.54, 1.807) is 11.3 Å². The molecule has 0 saturated carbocycles. The van der Waals surface area contributed by atoms with Crippen LogP contribution in [0.3, 0.4) is 0 Å². The number of carbonyl (C=O) groups is 1. The zero-order valence-electron chi connectivity index (χ0n) is 13.7. The first-order chi connectivity index (χ1) is 12.0. The van der Waals surface area contributed by atoms with Crippen LogP contribution in [0.2, 0.25) is 0 Å². The highest BCUT2D eigenvalue weighted by molar-refractivity contribution is 8.02. The fourth-order valence-electron chi connectivity index (χ4n) is 3.37. The number of thiophene rings is 1. The number of rotatable bonds is 3. The van der Waals surface area contributed by atoms with Crippen molar-refractivity contribution in [3.8, 4) is 0 Å². The molecule has 1 aromatic heterocycles. The maximum atomic E-state index is 13.1. The molecule has 7 heteroatoms. The molecule has 25 heavy (non-hydrogen) atoms. The van der Waals surface area contributed by atoms with Crippen LogP contribution in [-0.2, 0) is 22.8 Å². The third-order valence-corrected chi connectivity index (χ3v) is 9.04. The number of hydrogen-bond acceptors (Lipinski definition) is 5. The minimum Gasteiger partial charge on any atom is -0.334 e. The molecule has 0 unspecified atom stereocenters. The summed E-state index contributed by atoms with van der Waals surface area (Å²) >= 11 is 3.30. The first kappa shape index (κ1) is 17.1. The Bertz CT molecular complexity index is 904. The Morgan fingerprint density at radius 2 is 2.08 bits per heavy atom. The molecule has 2 aliphatic heterocycles. The zero-order valence-corrected chi connectivity index (χ0v) is 16.1. The molecule has 4 nitrogen and oxygen atoms in total. The number of fused-ring (bicyclic) bond motifs is 1. The molecule has 1 aromatic carbocycles. The van der Waals surface area contributed by atoms with E-state index in [-0.39, 0.29) is 22.7 Å². The Kier molecular flexibility index (Phi) is 4.64. The monoisotopic (exact) mass is 393 g/mol. The van der Waals surface area contributed by atoms with Crippen molar-refractivity contribution >= 4 is 38.8 Å². The van der Waals surface area contributed by atoms with Crippen molar-refractivity contribution in [1.29, 1.82) is 0 Å². The molecular weight excluding hydrogens is 374 g/mol. The van der Waals surface area contributed by atoms with E-state index in [9.17, 15) is 13.2 Å². The molecule has 0 spiro atoms. The second kappa shape index (κ2) is 6.78. The molecular formula is C18H19NO3S3. The van der Waals surface area contributed by atoms with Gasteiger partial charge in [-0.15, -0.1) is 23.1 Å². The van der Waals surface area contributed by atoms with Crippen molar-refractivity contribution in [2.24, 2.45) is 0 Å². The molecule has 132 valence electrons. The van der Waals surface area contributed by atoms with Gasteiger partial charge in [0.2, 0.25) is 0 Å². The van der Waals surface area contributed by atoms with Crippen LogP contribution in [0.25, 0.3) is 0 Å². The van der Waals surface area contributed by atoms with Gasteiger partial charge in [-0.05, 0) is 42.0 Å². The highest BCUT2D eigenvalue weighted by Gasteiger charge is 2.30. The van der Waals surface area contributed by atoms with E-state index in [0.29, 0.717) is 18.5 Å². The molecule has 1 atom stereocenters. The Morgan fingerprint density at radius 3 is 2.88 bits per heavy atom. The number of hydrogen-bond donors (Lipinski definition) is 0. The predicted molar refractivity (Wildman–Crippen MR) is 102 cm³/mol. The summed E-state index contributed by atoms with van der Waals surface area (Å²) in [6.07, 6.45) is 1.58. The molecule has 4 rings (SSSR count). The van der Waals surface area contributed by atoms with Crippen LogP contribution in [0, 0.1) is 0 Å². The molecule has 2 aromatic rings. The van der Waals surface area contributed by atoms with Crippen LogP contribution in [0.5, 0.6) is 0 Å². The Morgan fingerprint density at radius 1 is 1.24 bits per heavy atom. The van der Waals surface area contributed by atoms with Crippen LogP contribution < -0.4 is 0 Å². The van der Waals surface area contributed by atoms with Crippen LogP contribution >= 0.6 is 23.1 Å². The first-order valence-corrected chi connectivity index (χ1v) is 11.9. The highest BCUT2D eigenvalue weighted by Crippen LogP contribution is 2.34. The van der Waals surface area contributed by atoms with Gasteiger partial charge in [0.05, 0.1) is 17.1 Å². The van der Waals surface area contributed by atoms with E-state index in [4.69, 9.17) is 0 Å². The van der Waals surface area contributed by atoms with Gasteiger partial charge in [-0.1, -0.05) is 12.1 Å². The van der Waals surface area contributed by atoms with E-state index in [1.807, 2.05) is 29.2 Å². The van der Waals surface area contributed by atoms with Crippen molar-refractivity contribution in [3.63, 3.8) is 0 Å². The van der Waals surface area contributed by atoms with Gasteiger partial charge in [0.1, 0.15) is 0 Å². The SMILES string of the molecule is O=C(c1ccccc1S[C@H]1CCS(=O)(=O)C1)N1CCc2sccc2C1. The molecule has 1 amide bonds. The lowest BCUT2D eigenvalue weighted by atomic mass is 10.1. The van der Waals surface area contributed by atoms with Crippen molar-refractivity contribution in [2.45, 2.75) is 29.5 Å². The molecule has 0 radical (unpaired) electrons. The summed E-state index contributed by atoms with van der Waals surface area (Å²) < 4.78 is 23.4. The zero-order chi connectivity index (χ0) is 17.4. The number of thioether (sulfide) groups is 1. The number of carbonyl (C=O) groups excluding carboxylic acids is 1. The summed E-state index contributed by atoms with van der Waals surface area (Å²) in [4.78, 5) is 17.2. The Labute approximate surface area is 156 Å². The molecule has 1 fully saturated rings. The van der Waals surface area contributed by atoms with Gasteiger partial charge >= 0.3 is 0 Å². The molecule has 0 aliphatic carbocycles. The summed E-state index contributed by atoms with van der Waals surface area (Å²) in [6.45, 7) is 1.40. The van der Waals surface area contributed by atoms with Gasteiger partial charge < -0.3 is 4.90 Å². The van der Waals surface area contributed by atoms with Crippen LogP contribution in [0.1, 0.15) is 27.2 Å². The average molecular weight is 394 g/mol. The smallest absolute Gasteiger partial charge is 0.255 e. The molecule has 1 saturated heterocycles. The maximum Gasteiger partial charge on any atom is 0.255 e. The fourth-order valence-corrected chi connectivity index (χ4v) is 7.88. The normalized spacial score (nSPS) is 21.9. The molecule has 2 aliphatic rings. The highest BCUT2D eigenvalue weighted by atomic mass is 32.2. The number of amides is 1. The fraction of sp³-hybridized carbons (Fsp3) is 0.389. The van der Waals surface area contributed by atoms with Crippen LogP contribution in [-0.4, -0.2) is 42.5 Å². The van der Waals surface area contributed by atoms with E-state index in [2.05, 4.69) is 11.4 Å². The molecule has 3 heterocycles. The third kappa shape index (κ3) is 3.64. The van der Waals surface area contributed by atoms with E-state index in [1.165, 1.54) is 22.2 Å². The largest absolute Gasteiger partial charge is 0.334 e. The number of benzene rings is 1. The summed E-state index contributed by atoms with van der Waals surface area (Å²) in [5.41, 5.74) is 1.94. The Balaban J connectivity index is 1.54. The predicted octanol–water partition coefficient (Wildman–Crippen LogP) is 3.23. The third-order valence-electron chi connectivity index (χ3n) is 4.70. The lowest BCUT2D eigenvalue weighted by Gasteiger charge is -2.28. The molecule has 0 bridgehead atoms. The lowest BCUT2D eigenvalue weighted by molar-refractivity contribution is 0.0732. The summed E-state index contributed by atoms with van der Waals surface area (Å²) in [5, 5.41) is 2.13. The maximum absolute atomic E-state index is 13.1. The summed E-state index contributed by atoms with van der Waals surface area (Å²) in [7, 11) is -2.91. The van der Waals surface area contributed by atoms with Crippen LogP contribution in [0.15, 0.2) is 40.6 Å². The number of nitrogens with zero attached hydrogens (tertiary/aromatic N) is 1. The molecule has 0 N–H and O–H groups in total. The lowest BCUT2D eigenvalue weighted by Crippen LogP contribution is -2.35. The Hall–Kier alpha value is -1.31. The first-order valence-electron chi connectivity index (χ1n) is 8.32. The van der Waals surface area contributed by atoms with Crippen molar-refractivity contribution in [2.75, 3.05) is 18.1 Å². The topological polar surface area (TPSA) is 54.5 Å². The number of sulfone groups is 1. The van der Waals surface area contributed by atoms with Crippen molar-refractivity contribution in [3.05, 3.63) is 51.7 Å². The van der Waals surface area contributed by atoms with Gasteiger partial charge in [-0.25, -0.2) is 8.42 Å². The van der Waals surface area contributed by atoms with Gasteiger partial charge in [0, 0.05) is 28.1 Å². The second-order valence-electron chi connectivity index (χ2n) is 6.48. The second-order valence-corrected chi connectivity index (χ2v) is 11.1. The summed E-state index contributed by atoms with van der Waals surface area (Å²) in [6, 6.07) is 9.68.